The van der Waals surface area contributed by atoms with E-state index in [0.717, 1.165) is 25.5 Å². The van der Waals surface area contributed by atoms with E-state index in [2.05, 4.69) is 72.3 Å². The Morgan fingerprint density at radius 1 is 1.15 bits per heavy atom. The number of benzene rings is 1. The summed E-state index contributed by atoms with van der Waals surface area (Å²) in [6.45, 7) is 6.85. The van der Waals surface area contributed by atoms with Gasteiger partial charge in [0.25, 0.3) is 0 Å². The van der Waals surface area contributed by atoms with Gasteiger partial charge in [-0.1, -0.05) is 29.8 Å². The molecule has 0 aliphatic heterocycles. The van der Waals surface area contributed by atoms with Gasteiger partial charge in [-0.3, -0.25) is 4.79 Å². The molecule has 20 heavy (non-hydrogen) atoms. The summed E-state index contributed by atoms with van der Waals surface area (Å²) in [5.41, 5.74) is 0.875. The van der Waals surface area contributed by atoms with E-state index >= 15 is 0 Å². The van der Waals surface area contributed by atoms with Gasteiger partial charge < -0.3 is 10.6 Å². The minimum absolute atomic E-state index is 0.00682. The Balaban J connectivity index is 2.62. The monoisotopic (exact) mass is 468 g/mol. The van der Waals surface area contributed by atoms with Crippen LogP contribution in [0.2, 0.25) is 0 Å². The molecule has 2 N–H and O–H groups in total. The summed E-state index contributed by atoms with van der Waals surface area (Å²) in [6.07, 6.45) is 0.990. The van der Waals surface area contributed by atoms with Crippen LogP contribution in [0.15, 0.2) is 25.6 Å². The van der Waals surface area contributed by atoms with Crippen LogP contribution in [0.25, 0.3) is 0 Å². The number of carbonyl (C=O) groups excluding carboxylic acids is 1. The van der Waals surface area contributed by atoms with Crippen molar-refractivity contribution in [1.82, 2.24) is 5.32 Å². The van der Waals surface area contributed by atoms with Crippen molar-refractivity contribution in [1.29, 1.82) is 0 Å². The molecule has 0 saturated heterocycles. The first-order valence-corrected chi connectivity index (χ1v) is 8.88. The van der Waals surface area contributed by atoms with Gasteiger partial charge in [-0.15, -0.1) is 0 Å². The van der Waals surface area contributed by atoms with Gasteiger partial charge in [0.05, 0.1) is 5.69 Å². The average molecular weight is 471 g/mol. The van der Waals surface area contributed by atoms with Crippen molar-refractivity contribution in [2.75, 3.05) is 11.9 Å². The van der Waals surface area contributed by atoms with Gasteiger partial charge in [0.15, 0.2) is 0 Å². The lowest BCUT2D eigenvalue weighted by molar-refractivity contribution is -0.121. The number of rotatable bonds is 6. The Bertz CT molecular complexity index is 454. The summed E-state index contributed by atoms with van der Waals surface area (Å²) in [4.78, 5) is 12.0. The van der Waals surface area contributed by atoms with Crippen molar-refractivity contribution >= 4 is 59.4 Å². The van der Waals surface area contributed by atoms with Crippen LogP contribution < -0.4 is 10.6 Å². The molecule has 1 aromatic carbocycles. The van der Waals surface area contributed by atoms with E-state index < -0.39 is 0 Å². The molecule has 1 amide bonds. The average Bonchev–Trinajstić information content (AvgIpc) is 2.32. The van der Waals surface area contributed by atoms with Crippen molar-refractivity contribution in [3.63, 3.8) is 0 Å². The van der Waals surface area contributed by atoms with Crippen LogP contribution in [-0.4, -0.2) is 18.5 Å². The van der Waals surface area contributed by atoms with Gasteiger partial charge in [0, 0.05) is 20.0 Å². The minimum atomic E-state index is -0.295. The second kappa shape index (κ2) is 8.39. The van der Waals surface area contributed by atoms with Crippen molar-refractivity contribution < 1.29 is 4.79 Å². The molecular formula is C14H19Br3N2O. The lowest BCUT2D eigenvalue weighted by Crippen LogP contribution is -2.38. The number of hydrogen-bond donors (Lipinski definition) is 2. The molecule has 0 aromatic heterocycles. The molecule has 0 bridgehead atoms. The molecule has 3 nitrogen and oxygen atoms in total. The van der Waals surface area contributed by atoms with Crippen LogP contribution in [0.3, 0.4) is 0 Å². The molecule has 1 aromatic rings. The molecule has 0 fully saturated rings. The van der Waals surface area contributed by atoms with E-state index in [9.17, 15) is 4.79 Å². The highest BCUT2D eigenvalue weighted by Crippen LogP contribution is 2.34. The molecule has 112 valence electrons. The van der Waals surface area contributed by atoms with E-state index in [1.54, 1.807) is 0 Å². The first-order valence-electron chi connectivity index (χ1n) is 6.50. The maximum atomic E-state index is 12.0. The quantitative estimate of drug-likeness (QED) is 0.618. The molecule has 0 spiro atoms. The number of amides is 1. The van der Waals surface area contributed by atoms with Gasteiger partial charge in [-0.2, -0.15) is 0 Å². The SMILES string of the molecule is CC(C)CCNC(=O)C(C)Nc1c(Br)cc(Br)cc1Br. The Kier molecular flexibility index (Phi) is 7.54. The molecule has 0 radical (unpaired) electrons. The topological polar surface area (TPSA) is 41.1 Å². The van der Waals surface area contributed by atoms with E-state index in [4.69, 9.17) is 0 Å². The zero-order valence-corrected chi connectivity index (χ0v) is 16.5. The molecule has 0 heterocycles. The van der Waals surface area contributed by atoms with Crippen LogP contribution in [-0.2, 0) is 4.79 Å². The van der Waals surface area contributed by atoms with E-state index in [0.29, 0.717) is 12.5 Å². The van der Waals surface area contributed by atoms with Crippen molar-refractivity contribution in [2.45, 2.75) is 33.2 Å². The van der Waals surface area contributed by atoms with Crippen LogP contribution in [0.5, 0.6) is 0 Å². The summed E-state index contributed by atoms with van der Waals surface area (Å²) in [5, 5.41) is 6.16. The summed E-state index contributed by atoms with van der Waals surface area (Å²) >= 11 is 10.4. The molecule has 0 aliphatic rings. The van der Waals surface area contributed by atoms with E-state index in [-0.39, 0.29) is 11.9 Å². The fourth-order valence-corrected chi connectivity index (χ4v) is 4.09. The smallest absolute Gasteiger partial charge is 0.242 e. The number of anilines is 1. The third-order valence-corrected chi connectivity index (χ3v) is 4.49. The van der Waals surface area contributed by atoms with Crippen LogP contribution in [0.1, 0.15) is 27.2 Å². The van der Waals surface area contributed by atoms with Gasteiger partial charge in [0.1, 0.15) is 6.04 Å². The Labute approximate surface area is 145 Å². The predicted molar refractivity (Wildman–Crippen MR) is 95.1 cm³/mol. The maximum absolute atomic E-state index is 12.0. The molecule has 6 heteroatoms. The Morgan fingerprint density at radius 2 is 1.70 bits per heavy atom. The van der Waals surface area contributed by atoms with Gasteiger partial charge in [-0.05, 0) is 63.3 Å². The van der Waals surface area contributed by atoms with Crippen molar-refractivity contribution in [3.05, 3.63) is 25.6 Å². The summed E-state index contributed by atoms with van der Waals surface area (Å²) < 4.78 is 2.77. The lowest BCUT2D eigenvalue weighted by atomic mass is 10.1. The number of carbonyl (C=O) groups is 1. The van der Waals surface area contributed by atoms with Crippen LogP contribution >= 0.6 is 47.8 Å². The third kappa shape index (κ3) is 5.74. The standard InChI is InChI=1S/C14H19Br3N2O/c1-8(2)4-5-18-14(20)9(3)19-13-11(16)6-10(15)7-12(13)17/h6-9,19H,4-5H2,1-3H3,(H,18,20). The predicted octanol–water partition coefficient (Wildman–Crippen LogP) is 4.94. The normalized spacial score (nSPS) is 12.3. The molecular weight excluding hydrogens is 452 g/mol. The van der Waals surface area contributed by atoms with Crippen LogP contribution in [0.4, 0.5) is 5.69 Å². The highest BCUT2D eigenvalue weighted by Gasteiger charge is 2.15. The van der Waals surface area contributed by atoms with Crippen molar-refractivity contribution in [3.8, 4) is 0 Å². The highest BCUT2D eigenvalue weighted by molar-refractivity contribution is 9.11. The van der Waals surface area contributed by atoms with Crippen molar-refractivity contribution in [2.24, 2.45) is 5.92 Å². The molecule has 1 unspecified atom stereocenters. The second-order valence-electron chi connectivity index (χ2n) is 5.08. The number of halogens is 3. The maximum Gasteiger partial charge on any atom is 0.242 e. The molecule has 0 aliphatic carbocycles. The minimum Gasteiger partial charge on any atom is -0.372 e. The van der Waals surface area contributed by atoms with Gasteiger partial charge in [0.2, 0.25) is 5.91 Å². The fourth-order valence-electron chi connectivity index (χ4n) is 1.60. The van der Waals surface area contributed by atoms with Gasteiger partial charge in [-0.25, -0.2) is 0 Å². The van der Waals surface area contributed by atoms with Gasteiger partial charge >= 0.3 is 0 Å². The number of nitrogens with one attached hydrogen (secondary N) is 2. The van der Waals surface area contributed by atoms with E-state index in [1.165, 1.54) is 0 Å². The van der Waals surface area contributed by atoms with E-state index in [1.807, 2.05) is 19.1 Å². The fraction of sp³-hybridized carbons (Fsp3) is 0.500. The Morgan fingerprint density at radius 3 is 2.20 bits per heavy atom. The first-order chi connectivity index (χ1) is 9.31. The Hall–Kier alpha value is -0.0700. The number of hydrogen-bond acceptors (Lipinski definition) is 2. The first kappa shape index (κ1) is 18.0. The molecule has 1 rings (SSSR count). The zero-order chi connectivity index (χ0) is 15.3. The highest BCUT2D eigenvalue weighted by atomic mass is 79.9. The van der Waals surface area contributed by atoms with Crippen LogP contribution in [0, 0.1) is 5.92 Å². The zero-order valence-electron chi connectivity index (χ0n) is 11.8. The lowest BCUT2D eigenvalue weighted by Gasteiger charge is -2.18. The summed E-state index contributed by atoms with van der Waals surface area (Å²) in [7, 11) is 0. The molecule has 1 atom stereocenters. The second-order valence-corrected chi connectivity index (χ2v) is 7.71. The third-order valence-electron chi connectivity index (χ3n) is 2.78. The summed E-state index contributed by atoms with van der Waals surface area (Å²) in [5.74, 6) is 0.598. The largest absolute Gasteiger partial charge is 0.372 e. The summed E-state index contributed by atoms with van der Waals surface area (Å²) in [6, 6.07) is 3.59. The molecule has 0 saturated carbocycles.